The van der Waals surface area contributed by atoms with Crippen LogP contribution < -0.4 is 0 Å². The maximum absolute atomic E-state index is 14.1. The SMILES string of the molecule is CO[C@]1(C)C[C@@H](C)C(=O)[C@H](C)[C@@H](O)[C@](C)(O)[C@@H](I)OC(=O)[C@H](C)C([C@H]2C[C@@](C)(OC)[C@@H](O)[C@H](C)O2)[C@H](C)[C@H]1O[C@H]1C[C@@H](N(C)C)C[C@@H](C)O1. The van der Waals surface area contributed by atoms with Gasteiger partial charge in [-0.05, 0) is 90.1 Å². The summed E-state index contributed by atoms with van der Waals surface area (Å²) in [6.45, 7) is 16.1. The van der Waals surface area contributed by atoms with E-state index >= 15 is 0 Å². The van der Waals surface area contributed by atoms with E-state index in [1.165, 1.54) is 6.92 Å². The van der Waals surface area contributed by atoms with Gasteiger partial charge in [-0.3, -0.25) is 9.59 Å². The van der Waals surface area contributed by atoms with Crippen LogP contribution in [0, 0.1) is 29.6 Å². The first-order chi connectivity index (χ1) is 22.5. The molecular weight excluding hydrogens is 749 g/mol. The molecule has 3 aliphatic rings. The molecule has 0 radical (unpaired) electrons. The van der Waals surface area contributed by atoms with Gasteiger partial charge in [0.05, 0.1) is 47.6 Å². The number of rotatable bonds is 6. The third kappa shape index (κ3) is 9.18. The van der Waals surface area contributed by atoms with Gasteiger partial charge >= 0.3 is 5.97 Å². The standard InChI is InChI=1S/C36H64INO11/c1-18-16-35(8,45-13)31(48-26-15-24(38(10)11)14-19(2)46-26)20(3)27(25-17-34(7,44-12)30(41)23(6)47-25)21(4)32(42)49-33(37)36(9,43)29(40)22(5)28(18)39/h18-27,29-31,33,40-41,43H,14-17H2,1-13H3/t18-,19-,20+,21-,22+,23+,24+,25-,26+,27?,29-,30+,31-,33+,34-,35-,36+/m1/s1. The number of carbonyl (C=O) groups is 2. The maximum atomic E-state index is 14.1. The Morgan fingerprint density at radius 3 is 2.00 bits per heavy atom. The zero-order valence-electron chi connectivity index (χ0n) is 31.8. The van der Waals surface area contributed by atoms with E-state index in [1.54, 1.807) is 64.5 Å². The van der Waals surface area contributed by atoms with Crippen LogP contribution in [0.25, 0.3) is 0 Å². The monoisotopic (exact) mass is 813 g/mol. The molecule has 49 heavy (non-hydrogen) atoms. The van der Waals surface area contributed by atoms with Gasteiger partial charge in [-0.15, -0.1) is 0 Å². The highest BCUT2D eigenvalue weighted by atomic mass is 127. The molecule has 1 unspecified atom stereocenters. The Kier molecular flexibility index (Phi) is 14.6. The van der Waals surface area contributed by atoms with Crippen molar-refractivity contribution in [1.82, 2.24) is 4.90 Å². The van der Waals surface area contributed by atoms with E-state index in [-0.39, 0.29) is 30.8 Å². The minimum absolute atomic E-state index is 0.0684. The summed E-state index contributed by atoms with van der Waals surface area (Å²) < 4.78 is 36.8. The summed E-state index contributed by atoms with van der Waals surface area (Å²) in [6.07, 6.45) is -3.07. The molecule has 17 atom stereocenters. The van der Waals surface area contributed by atoms with Crippen molar-refractivity contribution in [3.8, 4) is 0 Å². The molecule has 286 valence electrons. The minimum Gasteiger partial charge on any atom is -0.448 e. The topological polar surface area (TPSA) is 153 Å². The van der Waals surface area contributed by atoms with E-state index in [0.717, 1.165) is 6.42 Å². The zero-order valence-corrected chi connectivity index (χ0v) is 34.0. The Labute approximate surface area is 307 Å². The molecule has 3 N–H and O–H groups in total. The zero-order chi connectivity index (χ0) is 37.4. The molecule has 0 aromatic carbocycles. The fourth-order valence-electron chi connectivity index (χ4n) is 8.49. The molecule has 0 aromatic rings. The number of nitrogens with zero attached hydrogens (tertiary/aromatic N) is 1. The van der Waals surface area contributed by atoms with Gasteiger partial charge in [0, 0.05) is 50.9 Å². The van der Waals surface area contributed by atoms with Crippen LogP contribution in [0.3, 0.4) is 0 Å². The number of hydrogen-bond donors (Lipinski definition) is 3. The van der Waals surface area contributed by atoms with E-state index in [0.29, 0.717) is 6.42 Å². The second kappa shape index (κ2) is 16.7. The largest absolute Gasteiger partial charge is 0.448 e. The number of cyclic esters (lactones) is 1. The third-order valence-corrected chi connectivity index (χ3v) is 13.5. The summed E-state index contributed by atoms with van der Waals surface area (Å²) in [5, 5.41) is 33.9. The lowest BCUT2D eigenvalue weighted by Crippen LogP contribution is -2.61. The summed E-state index contributed by atoms with van der Waals surface area (Å²) in [4.78, 5) is 30.2. The van der Waals surface area contributed by atoms with Crippen LogP contribution in [0.1, 0.15) is 88.0 Å². The number of alkyl halides is 1. The average Bonchev–Trinajstić information content (AvgIpc) is 3.03. The summed E-state index contributed by atoms with van der Waals surface area (Å²) in [6, 6.07) is 0.212. The summed E-state index contributed by atoms with van der Waals surface area (Å²) >= 11 is 1.81. The Balaban J connectivity index is 2.23. The van der Waals surface area contributed by atoms with Gasteiger partial charge in [0.1, 0.15) is 17.5 Å². The number of aliphatic hydroxyl groups is 3. The van der Waals surface area contributed by atoms with Crippen LogP contribution in [0.4, 0.5) is 0 Å². The Morgan fingerprint density at radius 1 is 0.857 bits per heavy atom. The fraction of sp³-hybridized carbons (Fsp3) is 0.944. The third-order valence-electron chi connectivity index (χ3n) is 11.9. The normalized spacial score (nSPS) is 49.8. The molecule has 3 saturated heterocycles. The lowest BCUT2D eigenvalue weighted by atomic mass is 9.68. The molecule has 0 saturated carbocycles. The van der Waals surface area contributed by atoms with Crippen molar-refractivity contribution < 1.29 is 53.3 Å². The molecule has 3 heterocycles. The molecule has 13 heteroatoms. The first kappa shape index (κ1) is 42.9. The van der Waals surface area contributed by atoms with E-state index < -0.39 is 93.3 Å². The maximum Gasteiger partial charge on any atom is 0.310 e. The Morgan fingerprint density at radius 2 is 1.45 bits per heavy atom. The van der Waals surface area contributed by atoms with Crippen LogP contribution in [-0.4, -0.2) is 130 Å². The number of aliphatic hydroxyl groups excluding tert-OH is 2. The highest BCUT2D eigenvalue weighted by molar-refractivity contribution is 14.1. The van der Waals surface area contributed by atoms with Gasteiger partial charge in [-0.1, -0.05) is 27.7 Å². The second-order valence-corrected chi connectivity index (χ2v) is 17.2. The lowest BCUT2D eigenvalue weighted by Gasteiger charge is -2.52. The highest BCUT2D eigenvalue weighted by Gasteiger charge is 2.55. The van der Waals surface area contributed by atoms with E-state index in [9.17, 15) is 24.9 Å². The predicted octanol–water partition coefficient (Wildman–Crippen LogP) is 3.72. The molecule has 3 rings (SSSR count). The van der Waals surface area contributed by atoms with Crippen molar-refractivity contribution in [3.63, 3.8) is 0 Å². The summed E-state index contributed by atoms with van der Waals surface area (Å²) in [7, 11) is 7.22. The first-order valence-corrected chi connectivity index (χ1v) is 19.0. The second-order valence-electron chi connectivity index (χ2n) is 16.0. The van der Waals surface area contributed by atoms with Crippen molar-refractivity contribution in [2.45, 2.75) is 158 Å². The number of Topliss-reactive ketones (excluding diaryl/α,β-unsaturated/α-hetero) is 1. The molecule has 0 aromatic heterocycles. The Bertz CT molecular complexity index is 1130. The quantitative estimate of drug-likeness (QED) is 0.204. The number of hydrogen-bond acceptors (Lipinski definition) is 12. The van der Waals surface area contributed by atoms with Crippen molar-refractivity contribution in [2.24, 2.45) is 29.6 Å². The van der Waals surface area contributed by atoms with Gasteiger partial charge in [-0.25, -0.2) is 0 Å². The number of ether oxygens (including phenoxy) is 6. The van der Waals surface area contributed by atoms with Gasteiger partial charge in [0.15, 0.2) is 10.4 Å². The molecule has 12 nitrogen and oxygen atoms in total. The molecule has 0 amide bonds. The predicted molar refractivity (Wildman–Crippen MR) is 192 cm³/mol. The minimum atomic E-state index is -1.93. The molecule has 0 aliphatic carbocycles. The summed E-state index contributed by atoms with van der Waals surface area (Å²) in [5.41, 5.74) is -3.98. The lowest BCUT2D eigenvalue weighted by molar-refractivity contribution is -0.278. The van der Waals surface area contributed by atoms with Crippen LogP contribution in [0.15, 0.2) is 0 Å². The van der Waals surface area contributed by atoms with Crippen molar-refractivity contribution in [2.75, 3.05) is 28.3 Å². The van der Waals surface area contributed by atoms with Crippen molar-refractivity contribution >= 4 is 34.3 Å². The van der Waals surface area contributed by atoms with Crippen molar-refractivity contribution in [3.05, 3.63) is 0 Å². The van der Waals surface area contributed by atoms with Crippen LogP contribution >= 0.6 is 22.6 Å². The smallest absolute Gasteiger partial charge is 0.310 e. The van der Waals surface area contributed by atoms with E-state index in [4.69, 9.17) is 28.4 Å². The van der Waals surface area contributed by atoms with E-state index in [2.05, 4.69) is 4.90 Å². The number of ketones is 1. The molecule has 3 fully saturated rings. The van der Waals surface area contributed by atoms with Gasteiger partial charge in [0.2, 0.25) is 0 Å². The number of halogens is 1. The average molecular weight is 814 g/mol. The summed E-state index contributed by atoms with van der Waals surface area (Å²) in [5.74, 6) is -4.27. The molecule has 3 aliphatic heterocycles. The van der Waals surface area contributed by atoms with E-state index in [1.807, 2.05) is 41.8 Å². The number of methoxy groups -OCH3 is 2. The number of esters is 1. The number of carbonyl (C=O) groups excluding carboxylic acids is 2. The molecular formula is C36H64INO11. The Hall–Kier alpha value is -0.490. The first-order valence-electron chi connectivity index (χ1n) is 17.7. The van der Waals surface area contributed by atoms with Gasteiger partial charge < -0.3 is 48.6 Å². The van der Waals surface area contributed by atoms with Crippen LogP contribution in [0.2, 0.25) is 0 Å². The van der Waals surface area contributed by atoms with Crippen LogP contribution in [0.5, 0.6) is 0 Å². The van der Waals surface area contributed by atoms with Crippen molar-refractivity contribution in [1.29, 1.82) is 0 Å². The fourth-order valence-corrected chi connectivity index (χ4v) is 9.11. The van der Waals surface area contributed by atoms with Crippen LogP contribution in [-0.2, 0) is 38.0 Å². The molecule has 0 spiro atoms. The highest BCUT2D eigenvalue weighted by Crippen LogP contribution is 2.46. The van der Waals surface area contributed by atoms with Gasteiger partial charge in [-0.2, -0.15) is 0 Å². The van der Waals surface area contributed by atoms with Gasteiger partial charge in [0.25, 0.3) is 0 Å². The molecule has 0 bridgehead atoms.